The summed E-state index contributed by atoms with van der Waals surface area (Å²) in [5, 5.41) is 17.3. The molecule has 0 radical (unpaired) electrons. The van der Waals surface area contributed by atoms with Crippen molar-refractivity contribution in [1.29, 1.82) is 0 Å². The van der Waals surface area contributed by atoms with Gasteiger partial charge in [0.2, 0.25) is 11.7 Å². The van der Waals surface area contributed by atoms with Gasteiger partial charge >= 0.3 is 0 Å². The Bertz CT molecular complexity index is 1630. The monoisotopic (exact) mass is 553 g/mol. The Hall–Kier alpha value is -4.99. The molecule has 0 aliphatic rings. The van der Waals surface area contributed by atoms with Crippen molar-refractivity contribution in [3.05, 3.63) is 108 Å². The van der Waals surface area contributed by atoms with Crippen LogP contribution in [0.1, 0.15) is 25.0 Å². The largest absolute Gasteiger partial charge is 0.352 e. The second kappa shape index (κ2) is 12.5. The van der Waals surface area contributed by atoms with E-state index in [1.54, 1.807) is 6.07 Å². The summed E-state index contributed by atoms with van der Waals surface area (Å²) in [4.78, 5) is 20.2. The van der Waals surface area contributed by atoms with E-state index in [4.69, 9.17) is 4.98 Å². The highest BCUT2D eigenvalue weighted by molar-refractivity contribution is 5.94. The van der Waals surface area contributed by atoms with E-state index in [0.29, 0.717) is 42.0 Å². The summed E-state index contributed by atoms with van der Waals surface area (Å²) in [6, 6.07) is 24.4. The molecule has 0 fully saturated rings. The molecule has 208 valence electrons. The van der Waals surface area contributed by atoms with Gasteiger partial charge in [-0.2, -0.15) is 5.21 Å². The predicted molar refractivity (Wildman–Crippen MR) is 154 cm³/mol. The number of amides is 1. The van der Waals surface area contributed by atoms with Crippen LogP contribution in [0.4, 0.5) is 20.3 Å². The summed E-state index contributed by atoms with van der Waals surface area (Å²) in [5.41, 5.74) is 3.77. The van der Waals surface area contributed by atoms with Gasteiger partial charge in [-0.3, -0.25) is 4.79 Å². The summed E-state index contributed by atoms with van der Waals surface area (Å²) in [6.07, 6.45) is -0.252. The van der Waals surface area contributed by atoms with Crippen molar-refractivity contribution in [2.24, 2.45) is 5.92 Å². The van der Waals surface area contributed by atoms with Gasteiger partial charge in [0, 0.05) is 42.0 Å². The summed E-state index contributed by atoms with van der Waals surface area (Å²) in [7, 11) is 0. The van der Waals surface area contributed by atoms with Gasteiger partial charge < -0.3 is 10.2 Å². The van der Waals surface area contributed by atoms with E-state index in [1.165, 1.54) is 6.07 Å². The average molecular weight is 554 g/mol. The molecule has 3 aromatic carbocycles. The molecule has 0 bridgehead atoms. The maximum Gasteiger partial charge on any atom is 0.228 e. The third-order valence-corrected chi connectivity index (χ3v) is 6.38. The maximum atomic E-state index is 14.3. The first-order valence-corrected chi connectivity index (χ1v) is 13.2. The number of hydrogen-bond donors (Lipinski definition) is 2. The van der Waals surface area contributed by atoms with Crippen LogP contribution in [-0.2, 0) is 17.8 Å². The lowest BCUT2D eigenvalue weighted by atomic mass is 10.0. The van der Waals surface area contributed by atoms with Crippen molar-refractivity contribution in [3.8, 4) is 22.6 Å². The van der Waals surface area contributed by atoms with Gasteiger partial charge in [-0.1, -0.05) is 74.5 Å². The van der Waals surface area contributed by atoms with Crippen molar-refractivity contribution in [1.82, 2.24) is 25.6 Å². The molecule has 2 aromatic heterocycles. The highest BCUT2D eigenvalue weighted by atomic mass is 19.1. The number of carbonyl (C=O) groups excluding carboxylic acids is 1. The Morgan fingerprint density at radius 1 is 0.951 bits per heavy atom. The summed E-state index contributed by atoms with van der Waals surface area (Å²) >= 11 is 0. The van der Waals surface area contributed by atoms with Crippen molar-refractivity contribution in [2.45, 2.75) is 26.8 Å². The van der Waals surface area contributed by atoms with E-state index in [2.05, 4.69) is 56.8 Å². The molecule has 41 heavy (non-hydrogen) atoms. The lowest BCUT2D eigenvalue weighted by Gasteiger charge is -2.27. The smallest absolute Gasteiger partial charge is 0.228 e. The fraction of sp³-hybridized carbons (Fsp3) is 0.194. The molecule has 0 spiro atoms. The van der Waals surface area contributed by atoms with E-state index in [1.807, 2.05) is 48.5 Å². The second-order valence-corrected chi connectivity index (χ2v) is 10.1. The van der Waals surface area contributed by atoms with Gasteiger partial charge in [0.25, 0.3) is 0 Å². The normalized spacial score (nSPS) is 11.0. The number of nitrogens with one attached hydrogen (secondary N) is 2. The number of pyridine rings is 1. The quantitative estimate of drug-likeness (QED) is 0.218. The summed E-state index contributed by atoms with van der Waals surface area (Å²) in [6.45, 7) is 5.59. The van der Waals surface area contributed by atoms with Gasteiger partial charge in [-0.05, 0) is 34.4 Å². The van der Waals surface area contributed by atoms with Crippen molar-refractivity contribution >= 4 is 17.4 Å². The first-order chi connectivity index (χ1) is 19.9. The molecule has 0 aliphatic carbocycles. The minimum Gasteiger partial charge on any atom is -0.352 e. The zero-order chi connectivity index (χ0) is 28.8. The molecule has 0 atom stereocenters. The van der Waals surface area contributed by atoms with E-state index in [9.17, 15) is 13.6 Å². The number of hydrogen-bond acceptors (Lipinski definition) is 6. The van der Waals surface area contributed by atoms with Crippen LogP contribution < -0.4 is 10.2 Å². The molecule has 0 saturated heterocycles. The number of H-pyrrole nitrogens is 1. The van der Waals surface area contributed by atoms with Crippen molar-refractivity contribution < 1.29 is 13.6 Å². The molecule has 5 aromatic rings. The summed E-state index contributed by atoms with van der Waals surface area (Å²) < 4.78 is 27.6. The van der Waals surface area contributed by atoms with E-state index in [0.717, 1.165) is 28.8 Å². The standard InChI is InChI=1S/C31H29F2N7O/c1-20(2)18-40(19-21-8-4-3-5-9-21)29-17-24(34-30(41)14-22-12-13-23(32)15-27(22)33)16-28(35-29)25-10-6-7-11-26(25)31-36-38-39-37-31/h3-13,15-17,20H,14,18-19H2,1-2H3,(H,34,35,41)(H,36,37,38,39). The Morgan fingerprint density at radius 2 is 1.71 bits per heavy atom. The molecule has 10 heteroatoms. The van der Waals surface area contributed by atoms with Crippen LogP contribution >= 0.6 is 0 Å². The van der Waals surface area contributed by atoms with Crippen LogP contribution in [0.5, 0.6) is 0 Å². The van der Waals surface area contributed by atoms with E-state index >= 15 is 0 Å². The average Bonchev–Trinajstić information content (AvgIpc) is 3.49. The Morgan fingerprint density at radius 3 is 2.41 bits per heavy atom. The lowest BCUT2D eigenvalue weighted by molar-refractivity contribution is -0.115. The SMILES string of the molecule is CC(C)CN(Cc1ccccc1)c1cc(NC(=O)Cc2ccc(F)cc2F)cc(-c2ccccc2-c2nn[nH]n2)n1. The number of benzene rings is 3. The fourth-order valence-electron chi connectivity index (χ4n) is 4.59. The highest BCUT2D eigenvalue weighted by Gasteiger charge is 2.18. The minimum absolute atomic E-state index is 0.103. The fourth-order valence-corrected chi connectivity index (χ4v) is 4.59. The summed E-state index contributed by atoms with van der Waals surface area (Å²) in [5.74, 6) is -0.506. The topological polar surface area (TPSA) is 99.7 Å². The van der Waals surface area contributed by atoms with Crippen LogP contribution in [0.15, 0.2) is 84.9 Å². The van der Waals surface area contributed by atoms with Gasteiger partial charge in [-0.15, -0.1) is 10.2 Å². The van der Waals surface area contributed by atoms with Crippen LogP contribution in [0, 0.1) is 17.6 Å². The van der Waals surface area contributed by atoms with Crippen molar-refractivity contribution in [3.63, 3.8) is 0 Å². The molecular formula is C31H29F2N7O. The number of rotatable bonds is 10. The lowest BCUT2D eigenvalue weighted by Crippen LogP contribution is -2.28. The zero-order valence-corrected chi connectivity index (χ0v) is 22.7. The third-order valence-electron chi connectivity index (χ3n) is 6.38. The minimum atomic E-state index is -0.767. The Kier molecular flexibility index (Phi) is 8.38. The van der Waals surface area contributed by atoms with Crippen LogP contribution in [0.2, 0.25) is 0 Å². The number of anilines is 2. The second-order valence-electron chi connectivity index (χ2n) is 10.1. The molecule has 2 N–H and O–H groups in total. The molecule has 0 saturated carbocycles. The molecule has 0 aliphatic heterocycles. The molecular weight excluding hydrogens is 524 g/mol. The van der Waals surface area contributed by atoms with Gasteiger partial charge in [0.05, 0.1) is 12.1 Å². The maximum absolute atomic E-state index is 14.3. The van der Waals surface area contributed by atoms with Crippen molar-refractivity contribution in [2.75, 3.05) is 16.8 Å². The predicted octanol–water partition coefficient (Wildman–Crippen LogP) is 6.05. The van der Waals surface area contributed by atoms with Gasteiger partial charge in [0.1, 0.15) is 17.5 Å². The zero-order valence-electron chi connectivity index (χ0n) is 22.7. The van der Waals surface area contributed by atoms with Gasteiger partial charge in [-0.25, -0.2) is 13.8 Å². The first kappa shape index (κ1) is 27.6. The first-order valence-electron chi connectivity index (χ1n) is 13.2. The van der Waals surface area contributed by atoms with Crippen LogP contribution in [-0.4, -0.2) is 38.1 Å². The molecule has 8 nitrogen and oxygen atoms in total. The molecule has 0 unspecified atom stereocenters. The van der Waals surface area contributed by atoms with Crippen LogP contribution in [0.3, 0.4) is 0 Å². The number of aromatic nitrogens is 5. The third kappa shape index (κ3) is 6.96. The van der Waals surface area contributed by atoms with E-state index < -0.39 is 17.5 Å². The highest BCUT2D eigenvalue weighted by Crippen LogP contribution is 2.33. The molecule has 5 rings (SSSR count). The number of tetrazole rings is 1. The Balaban J connectivity index is 1.55. The number of carbonyl (C=O) groups is 1. The van der Waals surface area contributed by atoms with E-state index in [-0.39, 0.29) is 12.0 Å². The van der Waals surface area contributed by atoms with Crippen LogP contribution in [0.25, 0.3) is 22.6 Å². The Labute approximate surface area is 236 Å². The number of halogens is 2. The molecule has 2 heterocycles. The molecule has 1 amide bonds. The number of aromatic amines is 1. The number of nitrogens with zero attached hydrogens (tertiary/aromatic N) is 5. The van der Waals surface area contributed by atoms with Gasteiger partial charge in [0.15, 0.2) is 0 Å².